The number of hydrogen-bond donors (Lipinski definition) is 0. The summed E-state index contributed by atoms with van der Waals surface area (Å²) in [6.07, 6.45) is 0. The molecule has 0 saturated carbocycles. The van der Waals surface area contributed by atoms with Crippen molar-refractivity contribution < 1.29 is 21.4 Å². The molecule has 4 aromatic rings. The van der Waals surface area contributed by atoms with Crippen LogP contribution in [-0.4, -0.2) is 14.5 Å². The van der Waals surface area contributed by atoms with Gasteiger partial charge in [-0.15, -0.1) is 0 Å². The van der Waals surface area contributed by atoms with E-state index in [0.29, 0.717) is 14.5 Å². The molecule has 0 spiro atoms. The van der Waals surface area contributed by atoms with Gasteiger partial charge >= 0.3 is 117 Å². The topological polar surface area (TPSA) is 4.10 Å². The van der Waals surface area contributed by atoms with E-state index in [9.17, 15) is 0 Å². The van der Waals surface area contributed by atoms with Gasteiger partial charge in [0, 0.05) is 0 Å². The first-order chi connectivity index (χ1) is 9.43. The quantitative estimate of drug-likeness (QED) is 0.326. The van der Waals surface area contributed by atoms with E-state index < -0.39 is 0 Å². The van der Waals surface area contributed by atoms with E-state index in [4.69, 9.17) is 0 Å². The minimum absolute atomic E-state index is 0. The Balaban J connectivity index is 0.00000121. The molecule has 0 aliphatic heterocycles. The number of hydrogen-bond acceptors (Lipinski definition) is 0. The van der Waals surface area contributed by atoms with Crippen molar-refractivity contribution in [2.75, 3.05) is 0 Å². The molecule has 0 saturated heterocycles. The van der Waals surface area contributed by atoms with Crippen LogP contribution < -0.4 is 21.4 Å². The maximum absolute atomic E-state index is 2.41. The Bertz CT molecular complexity index is 868. The fourth-order valence-electron chi connectivity index (χ4n) is 2.49. The van der Waals surface area contributed by atoms with Crippen LogP contribution in [0.1, 0.15) is 0 Å². The summed E-state index contributed by atoms with van der Waals surface area (Å²) in [7, 11) is 0. The van der Waals surface area contributed by atoms with Crippen LogP contribution >= 0.6 is 0 Å². The average Bonchev–Trinajstić information content (AvgIpc) is 2.86. The summed E-state index contributed by atoms with van der Waals surface area (Å²) in [4.78, 5) is 0. The molecule has 2 heterocycles. The number of pyridine rings is 1. The Hall–Kier alpha value is -1.41. The van der Waals surface area contributed by atoms with Crippen molar-refractivity contribution in [1.82, 2.24) is 0 Å². The van der Waals surface area contributed by atoms with Gasteiger partial charge in [-0.05, 0) is 0 Å². The van der Waals surface area contributed by atoms with Crippen molar-refractivity contribution >= 4 is 28.7 Å². The standard InChI is InChI=1S/C17H12NSe.BrH/c1-2-7-13(8-3-1)14-10-6-12-17-18(14)15-9-4-5-11-16(15)19-17;/h1-12H;1H/q+1;/p-1. The van der Waals surface area contributed by atoms with Crippen LogP contribution in [0.3, 0.4) is 0 Å². The van der Waals surface area contributed by atoms with Gasteiger partial charge in [-0.3, -0.25) is 0 Å². The number of para-hydroxylation sites is 1. The zero-order chi connectivity index (χ0) is 12.7. The molecule has 0 amide bonds. The summed E-state index contributed by atoms with van der Waals surface area (Å²) >= 11 is 0.418. The summed E-state index contributed by atoms with van der Waals surface area (Å²) < 4.78 is 5.30. The Morgan fingerprint density at radius 3 is 2.30 bits per heavy atom. The fourth-order valence-corrected chi connectivity index (χ4v) is 4.74. The summed E-state index contributed by atoms with van der Waals surface area (Å²) in [5.74, 6) is 0. The van der Waals surface area contributed by atoms with Gasteiger partial charge in [-0.1, -0.05) is 0 Å². The first-order valence-corrected chi connectivity index (χ1v) is 8.02. The number of fused-ring (bicyclic) bond motifs is 3. The van der Waals surface area contributed by atoms with Crippen molar-refractivity contribution in [2.45, 2.75) is 0 Å². The molecule has 4 rings (SSSR count). The van der Waals surface area contributed by atoms with E-state index in [1.165, 1.54) is 25.4 Å². The molecule has 0 aliphatic rings. The van der Waals surface area contributed by atoms with Crippen LogP contribution in [0.5, 0.6) is 0 Å². The maximum atomic E-state index is 2.41. The SMILES string of the molecule is [Br-].c1ccc(-c2cccc3[se]c4ccccc4[n+]23)cc1. The van der Waals surface area contributed by atoms with E-state index in [1.807, 2.05) is 0 Å². The molecule has 0 bridgehead atoms. The van der Waals surface area contributed by atoms with E-state index >= 15 is 0 Å². The summed E-state index contributed by atoms with van der Waals surface area (Å²) in [6, 6.07) is 26.0. The van der Waals surface area contributed by atoms with Crippen LogP contribution in [0.4, 0.5) is 0 Å². The zero-order valence-electron chi connectivity index (χ0n) is 10.7. The number of rotatable bonds is 1. The van der Waals surface area contributed by atoms with Gasteiger partial charge in [-0.25, -0.2) is 0 Å². The first-order valence-electron chi connectivity index (χ1n) is 6.31. The van der Waals surface area contributed by atoms with Gasteiger partial charge in [0.1, 0.15) is 0 Å². The van der Waals surface area contributed by atoms with Gasteiger partial charge in [0.2, 0.25) is 0 Å². The molecule has 0 unspecified atom stereocenters. The molecule has 2 aromatic heterocycles. The molecule has 98 valence electrons. The molecule has 0 atom stereocenters. The van der Waals surface area contributed by atoms with E-state index in [1.54, 1.807) is 0 Å². The van der Waals surface area contributed by atoms with Gasteiger partial charge in [-0.2, -0.15) is 0 Å². The normalized spacial score (nSPS) is 10.6. The Labute approximate surface area is 134 Å². The third kappa shape index (κ3) is 2.12. The van der Waals surface area contributed by atoms with Crippen LogP contribution in [0.25, 0.3) is 25.4 Å². The second-order valence-electron chi connectivity index (χ2n) is 4.52. The zero-order valence-corrected chi connectivity index (χ0v) is 14.0. The van der Waals surface area contributed by atoms with Crippen LogP contribution in [0, 0.1) is 0 Å². The number of aromatic nitrogens is 1. The molecule has 2 aromatic carbocycles. The molecule has 20 heavy (non-hydrogen) atoms. The third-order valence-corrected chi connectivity index (χ3v) is 5.64. The molecule has 3 heteroatoms. The Morgan fingerprint density at radius 1 is 0.700 bits per heavy atom. The molecule has 0 fully saturated rings. The third-order valence-electron chi connectivity index (χ3n) is 3.34. The van der Waals surface area contributed by atoms with Crippen molar-refractivity contribution in [2.24, 2.45) is 0 Å². The number of benzene rings is 2. The minimum atomic E-state index is 0. The van der Waals surface area contributed by atoms with Gasteiger partial charge in [0.15, 0.2) is 0 Å². The second kappa shape index (κ2) is 5.53. The molecule has 0 N–H and O–H groups in total. The first kappa shape index (κ1) is 13.6. The van der Waals surface area contributed by atoms with Gasteiger partial charge in [0.25, 0.3) is 0 Å². The van der Waals surface area contributed by atoms with E-state index in [-0.39, 0.29) is 17.0 Å². The molecule has 0 radical (unpaired) electrons. The average molecular weight is 389 g/mol. The van der Waals surface area contributed by atoms with Crippen molar-refractivity contribution in [3.05, 3.63) is 72.8 Å². The van der Waals surface area contributed by atoms with Crippen LogP contribution in [-0.2, 0) is 0 Å². The van der Waals surface area contributed by atoms with Crippen LogP contribution in [0.2, 0.25) is 0 Å². The Morgan fingerprint density at radius 2 is 1.45 bits per heavy atom. The summed E-state index contributed by atoms with van der Waals surface area (Å²) in [5, 5.41) is 0. The second-order valence-corrected chi connectivity index (χ2v) is 6.75. The predicted molar refractivity (Wildman–Crippen MR) is 79.5 cm³/mol. The Kier molecular flexibility index (Phi) is 3.75. The van der Waals surface area contributed by atoms with Crippen molar-refractivity contribution in [1.29, 1.82) is 0 Å². The van der Waals surface area contributed by atoms with Gasteiger partial charge < -0.3 is 17.0 Å². The van der Waals surface area contributed by atoms with E-state index in [0.717, 1.165) is 0 Å². The molecular formula is C17H12BrNSe. The summed E-state index contributed by atoms with van der Waals surface area (Å²) in [5.41, 5.74) is 3.90. The summed E-state index contributed by atoms with van der Waals surface area (Å²) in [6.45, 7) is 0. The fraction of sp³-hybridized carbons (Fsp3) is 0. The molecule has 1 nitrogen and oxygen atoms in total. The number of nitrogens with zero attached hydrogens (tertiary/aromatic N) is 1. The van der Waals surface area contributed by atoms with Crippen LogP contribution in [0.15, 0.2) is 72.8 Å². The molecular weight excluding hydrogens is 377 g/mol. The van der Waals surface area contributed by atoms with E-state index in [2.05, 4.69) is 77.2 Å². The number of halogens is 1. The van der Waals surface area contributed by atoms with Crippen molar-refractivity contribution in [3.63, 3.8) is 0 Å². The monoisotopic (exact) mass is 389 g/mol. The molecule has 0 aliphatic carbocycles. The van der Waals surface area contributed by atoms with Crippen molar-refractivity contribution in [3.8, 4) is 11.3 Å². The van der Waals surface area contributed by atoms with Gasteiger partial charge in [0.05, 0.1) is 0 Å². The predicted octanol–water partition coefficient (Wildman–Crippen LogP) is 0.306.